The van der Waals surface area contributed by atoms with Crippen molar-refractivity contribution in [3.8, 4) is 0 Å². The fraction of sp³-hybridized carbons (Fsp3) is 1.00. The smallest absolute Gasteiger partial charge is 0.0298 e. The Bertz CT molecular complexity index is 155. The average Bonchev–Trinajstić information content (AvgIpc) is 1.81. The van der Waals surface area contributed by atoms with Gasteiger partial charge in [0.15, 0.2) is 0 Å². The van der Waals surface area contributed by atoms with E-state index in [2.05, 4.69) is 55.4 Å². The third kappa shape index (κ3) is 3.70. The second-order valence-corrected chi connectivity index (χ2v) is 6.86. The van der Waals surface area contributed by atoms with Crippen molar-refractivity contribution in [1.29, 1.82) is 0 Å². The Labute approximate surface area is 85.1 Å². The molecule has 0 amide bonds. The van der Waals surface area contributed by atoms with E-state index >= 15 is 0 Å². The van der Waals surface area contributed by atoms with Crippen LogP contribution in [0.5, 0.6) is 0 Å². The molecule has 0 heteroatoms. The summed E-state index contributed by atoms with van der Waals surface area (Å²) in [5.74, 6) is 0. The molecular formula is C13H28. The molecule has 0 aliphatic carbocycles. The number of hydrogen-bond acceptors (Lipinski definition) is 0. The molecule has 0 heterocycles. The highest BCUT2D eigenvalue weighted by molar-refractivity contribution is 4.88. The minimum Gasteiger partial charge on any atom is -0.0649 e. The highest BCUT2D eigenvalue weighted by Crippen LogP contribution is 2.47. The Balaban J connectivity index is 4.58. The first-order chi connectivity index (χ1) is 5.52. The first-order valence-corrected chi connectivity index (χ1v) is 5.52. The summed E-state index contributed by atoms with van der Waals surface area (Å²) >= 11 is 0. The molecule has 80 valence electrons. The van der Waals surface area contributed by atoms with Crippen LogP contribution >= 0.6 is 0 Å². The van der Waals surface area contributed by atoms with Gasteiger partial charge in [0.1, 0.15) is 0 Å². The van der Waals surface area contributed by atoms with E-state index in [1.165, 1.54) is 12.8 Å². The lowest BCUT2D eigenvalue weighted by Crippen LogP contribution is -2.35. The van der Waals surface area contributed by atoms with Crippen LogP contribution in [-0.4, -0.2) is 0 Å². The molecule has 0 fully saturated rings. The lowest BCUT2D eigenvalue weighted by molar-refractivity contribution is 0.0549. The normalized spacial score (nSPS) is 14.8. The summed E-state index contributed by atoms with van der Waals surface area (Å²) in [6.07, 6.45) is 2.55. The van der Waals surface area contributed by atoms with Gasteiger partial charge in [0.25, 0.3) is 0 Å². The number of rotatable bonds is 3. The SMILES string of the molecule is CCC(C)(C)C(C)(C)CC(C)(C)C. The largest absolute Gasteiger partial charge is 0.0649 e. The van der Waals surface area contributed by atoms with Crippen LogP contribution in [0.3, 0.4) is 0 Å². The molecule has 0 spiro atoms. The topological polar surface area (TPSA) is 0 Å². The Morgan fingerprint density at radius 1 is 0.692 bits per heavy atom. The van der Waals surface area contributed by atoms with Crippen molar-refractivity contribution < 1.29 is 0 Å². The molecule has 0 nitrogen and oxygen atoms in total. The first-order valence-electron chi connectivity index (χ1n) is 5.52. The predicted molar refractivity (Wildman–Crippen MR) is 61.9 cm³/mol. The van der Waals surface area contributed by atoms with Gasteiger partial charge in [-0.15, -0.1) is 0 Å². The van der Waals surface area contributed by atoms with Crippen LogP contribution < -0.4 is 0 Å². The monoisotopic (exact) mass is 184 g/mol. The minimum absolute atomic E-state index is 0.431. The van der Waals surface area contributed by atoms with Crippen molar-refractivity contribution in [3.63, 3.8) is 0 Å². The molecule has 13 heavy (non-hydrogen) atoms. The Hall–Kier alpha value is 0. The predicted octanol–water partition coefficient (Wildman–Crippen LogP) is 4.89. The second-order valence-electron chi connectivity index (χ2n) is 6.86. The number of hydrogen-bond donors (Lipinski definition) is 0. The molecule has 0 N–H and O–H groups in total. The zero-order valence-corrected chi connectivity index (χ0v) is 10.9. The summed E-state index contributed by atoms with van der Waals surface area (Å²) in [6.45, 7) is 18.9. The van der Waals surface area contributed by atoms with E-state index in [-0.39, 0.29) is 0 Å². The molecule has 0 rings (SSSR count). The zero-order valence-electron chi connectivity index (χ0n) is 10.9. The van der Waals surface area contributed by atoms with Crippen molar-refractivity contribution >= 4 is 0 Å². The summed E-state index contributed by atoms with van der Waals surface area (Å²) < 4.78 is 0. The highest BCUT2D eigenvalue weighted by Gasteiger charge is 2.37. The van der Waals surface area contributed by atoms with Crippen LogP contribution in [0.25, 0.3) is 0 Å². The molecule has 0 radical (unpaired) electrons. The fourth-order valence-corrected chi connectivity index (χ4v) is 2.04. The standard InChI is InChI=1S/C13H28/c1-9-12(5,6)13(7,8)10-11(2,3)4/h9-10H2,1-8H3. The van der Waals surface area contributed by atoms with Crippen LogP contribution in [0.4, 0.5) is 0 Å². The van der Waals surface area contributed by atoms with Gasteiger partial charge in [-0.3, -0.25) is 0 Å². The lowest BCUT2D eigenvalue weighted by Gasteiger charge is -2.45. The quantitative estimate of drug-likeness (QED) is 0.586. The third-order valence-electron chi connectivity index (χ3n) is 3.69. The zero-order chi connectivity index (χ0) is 10.9. The van der Waals surface area contributed by atoms with Crippen LogP contribution in [0.1, 0.15) is 68.2 Å². The third-order valence-corrected chi connectivity index (χ3v) is 3.69. The van der Waals surface area contributed by atoms with E-state index in [4.69, 9.17) is 0 Å². The molecule has 0 aromatic rings. The minimum atomic E-state index is 0.431. The van der Waals surface area contributed by atoms with Gasteiger partial charge >= 0.3 is 0 Å². The molecule has 0 aliphatic heterocycles. The Morgan fingerprint density at radius 2 is 1.08 bits per heavy atom. The van der Waals surface area contributed by atoms with Gasteiger partial charge in [-0.25, -0.2) is 0 Å². The molecule has 0 aliphatic rings. The maximum absolute atomic E-state index is 2.40. The van der Waals surface area contributed by atoms with Crippen molar-refractivity contribution in [2.75, 3.05) is 0 Å². The van der Waals surface area contributed by atoms with Gasteiger partial charge in [0.2, 0.25) is 0 Å². The van der Waals surface area contributed by atoms with Crippen molar-refractivity contribution in [2.45, 2.75) is 68.2 Å². The molecular weight excluding hydrogens is 156 g/mol. The van der Waals surface area contributed by atoms with Crippen LogP contribution in [-0.2, 0) is 0 Å². The highest BCUT2D eigenvalue weighted by atomic mass is 14.4. The second kappa shape index (κ2) is 3.63. The van der Waals surface area contributed by atoms with E-state index < -0.39 is 0 Å². The molecule has 0 aromatic heterocycles. The summed E-state index contributed by atoms with van der Waals surface area (Å²) in [5.41, 5.74) is 1.32. The van der Waals surface area contributed by atoms with Crippen LogP contribution in [0, 0.1) is 16.2 Å². The van der Waals surface area contributed by atoms with Crippen LogP contribution in [0.2, 0.25) is 0 Å². The van der Waals surface area contributed by atoms with Crippen LogP contribution in [0.15, 0.2) is 0 Å². The lowest BCUT2D eigenvalue weighted by atomic mass is 9.60. The van der Waals surface area contributed by atoms with Gasteiger partial charge in [0, 0.05) is 0 Å². The van der Waals surface area contributed by atoms with E-state index in [1.807, 2.05) is 0 Å². The Morgan fingerprint density at radius 3 is 1.31 bits per heavy atom. The maximum atomic E-state index is 2.40. The molecule has 0 bridgehead atoms. The van der Waals surface area contributed by atoms with Crippen molar-refractivity contribution in [1.82, 2.24) is 0 Å². The van der Waals surface area contributed by atoms with E-state index in [1.54, 1.807) is 0 Å². The fourth-order valence-electron chi connectivity index (χ4n) is 2.04. The van der Waals surface area contributed by atoms with Gasteiger partial charge in [-0.2, -0.15) is 0 Å². The van der Waals surface area contributed by atoms with E-state index in [9.17, 15) is 0 Å². The van der Waals surface area contributed by atoms with Crippen molar-refractivity contribution in [2.24, 2.45) is 16.2 Å². The molecule has 0 unspecified atom stereocenters. The summed E-state index contributed by atoms with van der Waals surface area (Å²) in [5, 5.41) is 0. The van der Waals surface area contributed by atoms with Gasteiger partial charge in [-0.1, -0.05) is 61.8 Å². The Kier molecular flexibility index (Phi) is 3.63. The molecule has 0 aromatic carbocycles. The van der Waals surface area contributed by atoms with E-state index in [0.717, 1.165) is 0 Å². The molecule has 0 saturated carbocycles. The molecule has 0 saturated heterocycles. The summed E-state index contributed by atoms with van der Waals surface area (Å²) in [6, 6.07) is 0. The van der Waals surface area contributed by atoms with Gasteiger partial charge in [-0.05, 0) is 22.7 Å². The summed E-state index contributed by atoms with van der Waals surface area (Å²) in [7, 11) is 0. The van der Waals surface area contributed by atoms with Crippen molar-refractivity contribution in [3.05, 3.63) is 0 Å². The summed E-state index contributed by atoms with van der Waals surface area (Å²) in [4.78, 5) is 0. The van der Waals surface area contributed by atoms with E-state index in [0.29, 0.717) is 16.2 Å². The van der Waals surface area contributed by atoms with Gasteiger partial charge in [0.05, 0.1) is 0 Å². The van der Waals surface area contributed by atoms with Gasteiger partial charge < -0.3 is 0 Å². The molecule has 0 atom stereocenters. The first kappa shape index (κ1) is 13.0. The maximum Gasteiger partial charge on any atom is -0.0298 e. The average molecular weight is 184 g/mol.